The van der Waals surface area contributed by atoms with Gasteiger partial charge in [0.2, 0.25) is 0 Å². The molecule has 0 aliphatic heterocycles. The fourth-order valence-corrected chi connectivity index (χ4v) is 3.03. The summed E-state index contributed by atoms with van der Waals surface area (Å²) >= 11 is 23.8. The maximum atomic E-state index is 13.6. The molecular formula is C14H7Cl4FN2. The van der Waals surface area contributed by atoms with Gasteiger partial charge in [-0.25, -0.2) is 9.37 Å². The highest BCUT2D eigenvalue weighted by molar-refractivity contribution is 6.35. The third-order valence-electron chi connectivity index (χ3n) is 3.05. The lowest BCUT2D eigenvalue weighted by Crippen LogP contribution is -2.00. The summed E-state index contributed by atoms with van der Waals surface area (Å²) in [5, 5.41) is 0.376. The van der Waals surface area contributed by atoms with Crippen LogP contribution in [0.4, 0.5) is 4.39 Å². The lowest BCUT2D eigenvalue weighted by atomic mass is 10.2. The highest BCUT2D eigenvalue weighted by atomic mass is 35.5. The molecule has 0 unspecified atom stereocenters. The molecule has 0 aliphatic rings. The number of halogens is 5. The van der Waals surface area contributed by atoms with Crippen molar-refractivity contribution in [2.24, 2.45) is 0 Å². The molecule has 0 saturated carbocycles. The van der Waals surface area contributed by atoms with Gasteiger partial charge in [0, 0.05) is 0 Å². The zero-order chi connectivity index (χ0) is 15.1. The molecule has 21 heavy (non-hydrogen) atoms. The van der Waals surface area contributed by atoms with Crippen LogP contribution in [0.25, 0.3) is 16.7 Å². The minimum atomic E-state index is -0.656. The molecule has 108 valence electrons. The Morgan fingerprint density at radius 1 is 1.05 bits per heavy atom. The molecule has 0 radical (unpaired) electrons. The number of nitrogens with zero attached hydrogens (tertiary/aromatic N) is 2. The van der Waals surface area contributed by atoms with E-state index >= 15 is 0 Å². The molecule has 0 spiro atoms. The van der Waals surface area contributed by atoms with Crippen LogP contribution in [0.15, 0.2) is 30.3 Å². The minimum absolute atomic E-state index is 0.0677. The van der Waals surface area contributed by atoms with E-state index in [0.717, 1.165) is 5.52 Å². The van der Waals surface area contributed by atoms with Crippen molar-refractivity contribution in [1.29, 1.82) is 0 Å². The number of para-hydroxylation sites is 1. The van der Waals surface area contributed by atoms with E-state index in [2.05, 4.69) is 4.98 Å². The molecule has 3 rings (SSSR count). The van der Waals surface area contributed by atoms with Crippen molar-refractivity contribution in [1.82, 2.24) is 9.55 Å². The first-order valence-electron chi connectivity index (χ1n) is 5.89. The molecule has 0 saturated heterocycles. The summed E-state index contributed by atoms with van der Waals surface area (Å²) in [4.78, 5) is 4.41. The molecule has 7 heteroatoms. The molecule has 3 aromatic rings. The van der Waals surface area contributed by atoms with E-state index < -0.39 is 5.82 Å². The maximum Gasteiger partial charge on any atom is 0.160 e. The van der Waals surface area contributed by atoms with E-state index in [1.54, 1.807) is 16.7 Å². The van der Waals surface area contributed by atoms with Crippen LogP contribution in [0.3, 0.4) is 0 Å². The molecule has 0 aliphatic carbocycles. The number of hydrogen-bond acceptors (Lipinski definition) is 1. The van der Waals surface area contributed by atoms with E-state index in [1.807, 2.05) is 6.07 Å². The van der Waals surface area contributed by atoms with Crippen LogP contribution in [0.5, 0.6) is 0 Å². The van der Waals surface area contributed by atoms with Crippen LogP contribution in [0.2, 0.25) is 15.1 Å². The van der Waals surface area contributed by atoms with Gasteiger partial charge in [-0.3, -0.25) is 4.57 Å². The first-order valence-corrected chi connectivity index (χ1v) is 7.56. The van der Waals surface area contributed by atoms with E-state index in [4.69, 9.17) is 46.4 Å². The van der Waals surface area contributed by atoms with Crippen LogP contribution >= 0.6 is 46.4 Å². The van der Waals surface area contributed by atoms with E-state index in [-0.39, 0.29) is 15.9 Å². The quantitative estimate of drug-likeness (QED) is 0.411. The van der Waals surface area contributed by atoms with Crippen molar-refractivity contribution in [3.63, 3.8) is 0 Å². The van der Waals surface area contributed by atoms with Crippen LogP contribution < -0.4 is 0 Å². The van der Waals surface area contributed by atoms with Gasteiger partial charge < -0.3 is 0 Å². The van der Waals surface area contributed by atoms with Crippen molar-refractivity contribution >= 4 is 57.4 Å². The summed E-state index contributed by atoms with van der Waals surface area (Å²) in [6.07, 6.45) is 0. The fourth-order valence-electron chi connectivity index (χ4n) is 2.16. The van der Waals surface area contributed by atoms with Gasteiger partial charge in [-0.05, 0) is 24.3 Å². The number of hydrogen-bond donors (Lipinski definition) is 0. The SMILES string of the molecule is Fc1c(Cl)cc(-n2c(CCl)nc3c(Cl)cccc32)cc1Cl. The average Bonchev–Trinajstić information content (AvgIpc) is 2.84. The second kappa shape index (κ2) is 5.65. The van der Waals surface area contributed by atoms with E-state index in [0.29, 0.717) is 22.1 Å². The van der Waals surface area contributed by atoms with E-state index in [1.165, 1.54) is 12.1 Å². The van der Waals surface area contributed by atoms with Gasteiger partial charge in [0.1, 0.15) is 11.3 Å². The maximum absolute atomic E-state index is 13.6. The third-order valence-corrected chi connectivity index (χ3v) is 4.15. The standard InChI is InChI=1S/C14H7Cl4FN2/c15-6-12-20-14-8(16)2-1-3-11(14)21(12)7-4-9(17)13(19)10(18)5-7/h1-5H,6H2. The predicted octanol–water partition coefficient (Wildman–Crippen LogP) is 5.86. The van der Waals surface area contributed by atoms with Gasteiger partial charge in [0.25, 0.3) is 0 Å². The summed E-state index contributed by atoms with van der Waals surface area (Å²) in [5.74, 6) is 0.0768. The summed E-state index contributed by atoms with van der Waals surface area (Å²) in [6, 6.07) is 8.33. The van der Waals surface area contributed by atoms with Gasteiger partial charge in [-0.2, -0.15) is 0 Å². The Morgan fingerprint density at radius 3 is 2.33 bits per heavy atom. The molecule has 0 fully saturated rings. The molecule has 2 aromatic carbocycles. The zero-order valence-electron chi connectivity index (χ0n) is 10.4. The number of aromatic nitrogens is 2. The summed E-state index contributed by atoms with van der Waals surface area (Å²) in [5.41, 5.74) is 1.94. The van der Waals surface area contributed by atoms with E-state index in [9.17, 15) is 4.39 Å². The molecular weight excluding hydrogens is 357 g/mol. The first kappa shape index (κ1) is 14.9. The largest absolute Gasteiger partial charge is 0.295 e. The first-order chi connectivity index (χ1) is 10.0. The Labute approximate surface area is 140 Å². The van der Waals surface area contributed by atoms with Gasteiger partial charge in [0.05, 0.1) is 32.2 Å². The predicted molar refractivity (Wildman–Crippen MR) is 85.6 cm³/mol. The number of imidazole rings is 1. The van der Waals surface area contributed by atoms with Crippen molar-refractivity contribution in [2.45, 2.75) is 5.88 Å². The van der Waals surface area contributed by atoms with Crippen LogP contribution in [-0.2, 0) is 5.88 Å². The van der Waals surface area contributed by atoms with Crippen molar-refractivity contribution < 1.29 is 4.39 Å². The highest BCUT2D eigenvalue weighted by Gasteiger charge is 2.16. The van der Waals surface area contributed by atoms with Crippen molar-refractivity contribution in [3.8, 4) is 5.69 Å². The fraction of sp³-hybridized carbons (Fsp3) is 0.0714. The Morgan fingerprint density at radius 2 is 1.71 bits per heavy atom. The number of alkyl halides is 1. The highest BCUT2D eigenvalue weighted by Crippen LogP contribution is 2.31. The van der Waals surface area contributed by atoms with Crippen molar-refractivity contribution in [2.75, 3.05) is 0 Å². The van der Waals surface area contributed by atoms with Crippen LogP contribution in [0.1, 0.15) is 5.82 Å². The van der Waals surface area contributed by atoms with Crippen LogP contribution in [0, 0.1) is 5.82 Å². The number of benzene rings is 2. The van der Waals surface area contributed by atoms with Gasteiger partial charge >= 0.3 is 0 Å². The minimum Gasteiger partial charge on any atom is -0.295 e. The molecule has 1 heterocycles. The second-order valence-electron chi connectivity index (χ2n) is 4.33. The molecule has 1 aromatic heterocycles. The molecule has 0 atom stereocenters. The van der Waals surface area contributed by atoms with Crippen molar-refractivity contribution in [3.05, 3.63) is 57.0 Å². The lowest BCUT2D eigenvalue weighted by Gasteiger charge is -2.10. The third kappa shape index (κ3) is 2.49. The Balaban J connectivity index is 2.36. The zero-order valence-corrected chi connectivity index (χ0v) is 13.4. The summed E-state index contributed by atoms with van der Waals surface area (Å²) < 4.78 is 15.3. The smallest absolute Gasteiger partial charge is 0.160 e. The average molecular weight is 364 g/mol. The normalized spacial score (nSPS) is 11.3. The topological polar surface area (TPSA) is 17.8 Å². The summed E-state index contributed by atoms with van der Waals surface area (Å²) in [6.45, 7) is 0. The van der Waals surface area contributed by atoms with Gasteiger partial charge in [-0.1, -0.05) is 40.9 Å². The molecule has 0 N–H and O–H groups in total. The number of rotatable bonds is 2. The Kier molecular flexibility index (Phi) is 4.02. The van der Waals surface area contributed by atoms with Gasteiger partial charge in [-0.15, -0.1) is 11.6 Å². The Hall–Kier alpha value is -1.00. The number of fused-ring (bicyclic) bond motifs is 1. The molecule has 2 nitrogen and oxygen atoms in total. The molecule has 0 bridgehead atoms. The monoisotopic (exact) mass is 362 g/mol. The second-order valence-corrected chi connectivity index (χ2v) is 5.82. The van der Waals surface area contributed by atoms with Gasteiger partial charge in [0.15, 0.2) is 5.82 Å². The molecule has 0 amide bonds. The summed E-state index contributed by atoms with van der Waals surface area (Å²) in [7, 11) is 0. The Bertz CT molecular complexity index is 821. The lowest BCUT2D eigenvalue weighted by molar-refractivity contribution is 0.628. The van der Waals surface area contributed by atoms with Crippen LogP contribution in [-0.4, -0.2) is 9.55 Å².